The van der Waals surface area contributed by atoms with Crippen LogP contribution in [0, 0.1) is 19.3 Å². The molecule has 1 N–H and O–H groups in total. The van der Waals surface area contributed by atoms with Crippen molar-refractivity contribution in [1.29, 1.82) is 0 Å². The standard InChI is InChI=1S/C17H28N2O/c1-12-10-18-14(13(2)15(12)20-6)9-17(7-8-17)11-19-16(3,4)5/h10,19H,7-9,11H2,1-6H3. The zero-order chi connectivity index (χ0) is 15.0. The molecule has 0 spiro atoms. The summed E-state index contributed by atoms with van der Waals surface area (Å²) in [5.41, 5.74) is 4.11. The summed E-state index contributed by atoms with van der Waals surface area (Å²) in [6.07, 6.45) is 5.59. The van der Waals surface area contributed by atoms with Crippen LogP contribution >= 0.6 is 0 Å². The highest BCUT2D eigenvalue weighted by molar-refractivity contribution is 5.41. The average Bonchev–Trinajstić information content (AvgIpc) is 3.11. The highest BCUT2D eigenvalue weighted by Crippen LogP contribution is 2.48. The Morgan fingerprint density at radius 1 is 1.30 bits per heavy atom. The van der Waals surface area contributed by atoms with Crippen molar-refractivity contribution in [3.63, 3.8) is 0 Å². The Morgan fingerprint density at radius 3 is 2.45 bits per heavy atom. The summed E-state index contributed by atoms with van der Waals surface area (Å²) in [6.45, 7) is 11.9. The van der Waals surface area contributed by atoms with Gasteiger partial charge in [-0.3, -0.25) is 4.98 Å². The number of ether oxygens (including phenoxy) is 1. The number of aromatic nitrogens is 1. The van der Waals surface area contributed by atoms with Crippen molar-refractivity contribution < 1.29 is 4.74 Å². The number of rotatable bonds is 5. The normalized spacial score (nSPS) is 17.1. The fourth-order valence-corrected chi connectivity index (χ4v) is 2.65. The van der Waals surface area contributed by atoms with Crippen LogP contribution < -0.4 is 10.1 Å². The maximum atomic E-state index is 5.51. The lowest BCUT2D eigenvalue weighted by Crippen LogP contribution is -2.40. The van der Waals surface area contributed by atoms with Crippen molar-refractivity contribution in [2.45, 2.75) is 59.4 Å². The van der Waals surface area contributed by atoms with E-state index >= 15 is 0 Å². The van der Waals surface area contributed by atoms with Gasteiger partial charge in [0, 0.05) is 35.1 Å². The Labute approximate surface area is 123 Å². The molecule has 1 aliphatic carbocycles. The smallest absolute Gasteiger partial charge is 0.128 e. The van der Waals surface area contributed by atoms with Crippen LogP contribution in [0.5, 0.6) is 5.75 Å². The minimum atomic E-state index is 0.184. The maximum absolute atomic E-state index is 5.51. The zero-order valence-electron chi connectivity index (χ0n) is 13.8. The molecule has 0 aromatic carbocycles. The third-order valence-electron chi connectivity index (χ3n) is 4.24. The van der Waals surface area contributed by atoms with Crippen molar-refractivity contribution in [3.8, 4) is 5.75 Å². The third-order valence-corrected chi connectivity index (χ3v) is 4.24. The van der Waals surface area contributed by atoms with E-state index in [1.807, 2.05) is 6.20 Å². The minimum absolute atomic E-state index is 0.184. The molecule has 3 heteroatoms. The van der Waals surface area contributed by atoms with Gasteiger partial charge in [-0.1, -0.05) is 0 Å². The second kappa shape index (κ2) is 5.36. The van der Waals surface area contributed by atoms with Crippen LogP contribution in [0.1, 0.15) is 50.4 Å². The first-order valence-corrected chi connectivity index (χ1v) is 7.50. The van der Waals surface area contributed by atoms with Gasteiger partial charge in [-0.05, 0) is 59.3 Å². The zero-order valence-corrected chi connectivity index (χ0v) is 13.8. The van der Waals surface area contributed by atoms with Crippen LogP contribution in [-0.4, -0.2) is 24.2 Å². The van der Waals surface area contributed by atoms with Crippen LogP contribution in [0.3, 0.4) is 0 Å². The number of hydrogen-bond donors (Lipinski definition) is 1. The van der Waals surface area contributed by atoms with Crippen LogP contribution in [0.4, 0.5) is 0 Å². The molecule has 1 heterocycles. The second-order valence-electron chi connectivity index (χ2n) is 7.33. The predicted molar refractivity (Wildman–Crippen MR) is 83.4 cm³/mol. The van der Waals surface area contributed by atoms with Crippen molar-refractivity contribution in [2.75, 3.05) is 13.7 Å². The molecule has 112 valence electrons. The van der Waals surface area contributed by atoms with Crippen molar-refractivity contribution in [3.05, 3.63) is 23.0 Å². The molecule has 1 aromatic heterocycles. The molecular weight excluding hydrogens is 248 g/mol. The van der Waals surface area contributed by atoms with Crippen LogP contribution in [0.2, 0.25) is 0 Å². The van der Waals surface area contributed by atoms with Crippen molar-refractivity contribution >= 4 is 0 Å². The molecule has 3 nitrogen and oxygen atoms in total. The predicted octanol–water partition coefficient (Wildman–Crippen LogP) is 3.42. The Hall–Kier alpha value is -1.09. The number of aryl methyl sites for hydroxylation is 1. The van der Waals surface area contributed by atoms with Gasteiger partial charge < -0.3 is 10.1 Å². The van der Waals surface area contributed by atoms with E-state index in [0.717, 1.165) is 24.3 Å². The van der Waals surface area contributed by atoms with Gasteiger partial charge in [-0.2, -0.15) is 0 Å². The first-order valence-electron chi connectivity index (χ1n) is 7.50. The van der Waals surface area contributed by atoms with Crippen LogP contribution in [-0.2, 0) is 6.42 Å². The van der Waals surface area contributed by atoms with Gasteiger partial charge in [0.15, 0.2) is 0 Å². The molecule has 0 radical (unpaired) electrons. The lowest BCUT2D eigenvalue weighted by molar-refractivity contribution is 0.353. The topological polar surface area (TPSA) is 34.1 Å². The molecule has 1 aliphatic rings. The highest BCUT2D eigenvalue weighted by atomic mass is 16.5. The van der Waals surface area contributed by atoms with E-state index in [-0.39, 0.29) is 5.54 Å². The van der Waals surface area contributed by atoms with E-state index in [2.05, 4.69) is 44.9 Å². The first kappa shape index (κ1) is 15.3. The van der Waals surface area contributed by atoms with Crippen molar-refractivity contribution in [2.24, 2.45) is 5.41 Å². The maximum Gasteiger partial charge on any atom is 0.128 e. The highest BCUT2D eigenvalue weighted by Gasteiger charge is 2.43. The molecule has 20 heavy (non-hydrogen) atoms. The van der Waals surface area contributed by atoms with E-state index in [1.54, 1.807) is 7.11 Å². The van der Waals surface area contributed by atoms with E-state index in [9.17, 15) is 0 Å². The van der Waals surface area contributed by atoms with Gasteiger partial charge in [-0.25, -0.2) is 0 Å². The Bertz CT molecular complexity index is 484. The molecule has 1 fully saturated rings. The first-order chi connectivity index (χ1) is 9.26. The largest absolute Gasteiger partial charge is 0.496 e. The Kier molecular flexibility index (Phi) is 4.10. The summed E-state index contributed by atoms with van der Waals surface area (Å²) < 4.78 is 5.51. The molecule has 0 bridgehead atoms. The minimum Gasteiger partial charge on any atom is -0.496 e. The van der Waals surface area contributed by atoms with E-state index < -0.39 is 0 Å². The van der Waals surface area contributed by atoms with Gasteiger partial charge in [0.1, 0.15) is 5.75 Å². The Morgan fingerprint density at radius 2 is 1.95 bits per heavy atom. The number of hydrogen-bond acceptors (Lipinski definition) is 3. The number of nitrogens with one attached hydrogen (secondary N) is 1. The lowest BCUT2D eigenvalue weighted by atomic mass is 9.95. The van der Waals surface area contributed by atoms with Crippen LogP contribution in [0.25, 0.3) is 0 Å². The van der Waals surface area contributed by atoms with E-state index in [1.165, 1.54) is 24.1 Å². The number of nitrogens with zero attached hydrogens (tertiary/aromatic N) is 1. The van der Waals surface area contributed by atoms with Crippen LogP contribution in [0.15, 0.2) is 6.20 Å². The second-order valence-corrected chi connectivity index (χ2v) is 7.33. The lowest BCUT2D eigenvalue weighted by Gasteiger charge is -2.25. The molecule has 0 atom stereocenters. The number of methoxy groups -OCH3 is 1. The van der Waals surface area contributed by atoms with Gasteiger partial charge in [0.25, 0.3) is 0 Å². The number of pyridine rings is 1. The summed E-state index contributed by atoms with van der Waals surface area (Å²) in [5, 5.41) is 3.65. The quantitative estimate of drug-likeness (QED) is 0.895. The van der Waals surface area contributed by atoms with Gasteiger partial charge in [0.05, 0.1) is 7.11 Å². The molecule has 1 saturated carbocycles. The van der Waals surface area contributed by atoms with Gasteiger partial charge >= 0.3 is 0 Å². The SMILES string of the molecule is COc1c(C)cnc(CC2(CNC(C)(C)C)CC2)c1C. The summed E-state index contributed by atoms with van der Waals surface area (Å²) in [4.78, 5) is 4.65. The average molecular weight is 276 g/mol. The van der Waals surface area contributed by atoms with E-state index in [0.29, 0.717) is 5.41 Å². The Balaban J connectivity index is 2.10. The summed E-state index contributed by atoms with van der Waals surface area (Å²) in [6, 6.07) is 0. The summed E-state index contributed by atoms with van der Waals surface area (Å²) >= 11 is 0. The fraction of sp³-hybridized carbons (Fsp3) is 0.706. The fourth-order valence-electron chi connectivity index (χ4n) is 2.65. The third kappa shape index (κ3) is 3.51. The summed E-state index contributed by atoms with van der Waals surface area (Å²) in [7, 11) is 1.74. The molecule has 2 rings (SSSR count). The molecule has 0 unspecified atom stereocenters. The molecule has 0 saturated heterocycles. The molecule has 0 amide bonds. The molecular formula is C17H28N2O. The van der Waals surface area contributed by atoms with E-state index in [4.69, 9.17) is 4.74 Å². The molecule has 0 aliphatic heterocycles. The monoisotopic (exact) mass is 276 g/mol. The van der Waals surface area contributed by atoms with Gasteiger partial charge in [0.2, 0.25) is 0 Å². The van der Waals surface area contributed by atoms with Gasteiger partial charge in [-0.15, -0.1) is 0 Å². The molecule has 1 aromatic rings. The summed E-state index contributed by atoms with van der Waals surface area (Å²) in [5.74, 6) is 0.995. The van der Waals surface area contributed by atoms with Crippen molar-refractivity contribution in [1.82, 2.24) is 10.3 Å².